The molecule has 2 N–H and O–H groups in total. The highest BCUT2D eigenvalue weighted by Gasteiger charge is 2.07. The molecule has 6 heteroatoms. The molecule has 0 aromatic carbocycles. The molecule has 2 aromatic rings. The predicted molar refractivity (Wildman–Crippen MR) is 76.3 cm³/mol. The molecule has 2 heterocycles. The minimum Gasteiger partial charge on any atom is -0.369 e. The number of rotatable bonds is 6. The molecule has 100 valence electrons. The van der Waals surface area contributed by atoms with Crippen molar-refractivity contribution in [1.82, 2.24) is 15.3 Å². The molecule has 0 aliphatic carbocycles. The van der Waals surface area contributed by atoms with Gasteiger partial charge >= 0.3 is 0 Å². The molecule has 0 spiro atoms. The number of anilines is 1. The molecular formula is C13H16N4OS. The molecule has 2 rings (SSSR count). The minimum atomic E-state index is -0.208. The lowest BCUT2D eigenvalue weighted by molar-refractivity contribution is 0.0945. The summed E-state index contributed by atoms with van der Waals surface area (Å²) in [5.41, 5.74) is 1.42. The highest BCUT2D eigenvalue weighted by atomic mass is 32.1. The topological polar surface area (TPSA) is 66.9 Å². The molecule has 1 amide bonds. The normalized spacial score (nSPS) is 10.2. The quantitative estimate of drug-likeness (QED) is 0.849. The van der Waals surface area contributed by atoms with E-state index in [4.69, 9.17) is 0 Å². The van der Waals surface area contributed by atoms with Crippen molar-refractivity contribution < 1.29 is 4.79 Å². The highest BCUT2D eigenvalue weighted by Crippen LogP contribution is 2.06. The third kappa shape index (κ3) is 4.03. The maximum absolute atomic E-state index is 11.8. The fourth-order valence-electron chi connectivity index (χ4n) is 1.46. The molecule has 0 unspecified atom stereocenters. The van der Waals surface area contributed by atoms with Crippen LogP contribution in [0.3, 0.4) is 0 Å². The fourth-order valence-corrected chi connectivity index (χ4v) is 2.12. The molecule has 5 nitrogen and oxygen atoms in total. The van der Waals surface area contributed by atoms with Crippen molar-refractivity contribution in [2.75, 3.05) is 11.9 Å². The first-order chi connectivity index (χ1) is 9.29. The van der Waals surface area contributed by atoms with Gasteiger partial charge in [0.1, 0.15) is 11.5 Å². The maximum atomic E-state index is 11.8. The van der Waals surface area contributed by atoms with Crippen molar-refractivity contribution in [3.8, 4) is 0 Å². The fraction of sp³-hybridized carbons (Fsp3) is 0.308. The summed E-state index contributed by atoms with van der Waals surface area (Å²) in [6.45, 7) is 3.44. The summed E-state index contributed by atoms with van der Waals surface area (Å²) in [6, 6.07) is 1.98. The molecule has 0 atom stereocenters. The molecule has 0 saturated carbocycles. The Balaban J connectivity index is 1.88. The monoisotopic (exact) mass is 276 g/mol. The zero-order valence-corrected chi connectivity index (χ0v) is 11.5. The molecule has 0 aliphatic heterocycles. The Hall–Kier alpha value is -1.95. The van der Waals surface area contributed by atoms with Crippen molar-refractivity contribution >= 4 is 23.1 Å². The number of amides is 1. The van der Waals surface area contributed by atoms with Crippen LogP contribution in [-0.2, 0) is 6.54 Å². The summed E-state index contributed by atoms with van der Waals surface area (Å²) in [5, 5.41) is 9.91. The number of aromatic nitrogens is 2. The van der Waals surface area contributed by atoms with Crippen molar-refractivity contribution in [2.24, 2.45) is 0 Å². The van der Waals surface area contributed by atoms with Crippen molar-refractivity contribution in [3.05, 3.63) is 40.5 Å². The molecule has 0 bridgehead atoms. The standard InChI is InChI=1S/C13H16N4OS/c1-2-4-14-12-8-15-11(7-16-12)13(18)17-6-10-3-5-19-9-10/h3,5,7-9H,2,4,6H2,1H3,(H,14,16)(H,17,18). The van der Waals surface area contributed by atoms with E-state index in [1.54, 1.807) is 17.5 Å². The largest absolute Gasteiger partial charge is 0.369 e. The van der Waals surface area contributed by atoms with Gasteiger partial charge in [-0.2, -0.15) is 11.3 Å². The predicted octanol–water partition coefficient (Wildman–Crippen LogP) is 2.29. The van der Waals surface area contributed by atoms with E-state index in [9.17, 15) is 4.79 Å². The van der Waals surface area contributed by atoms with E-state index in [2.05, 4.69) is 27.5 Å². The lowest BCUT2D eigenvalue weighted by atomic mass is 10.3. The second kappa shape index (κ2) is 6.84. The van der Waals surface area contributed by atoms with Gasteiger partial charge in [-0.15, -0.1) is 0 Å². The van der Waals surface area contributed by atoms with E-state index in [0.717, 1.165) is 18.5 Å². The number of thiophene rings is 1. The van der Waals surface area contributed by atoms with Crippen LogP contribution in [0.5, 0.6) is 0 Å². The number of hydrogen-bond donors (Lipinski definition) is 2. The molecule has 0 saturated heterocycles. The smallest absolute Gasteiger partial charge is 0.271 e. The molecule has 0 fully saturated rings. The summed E-state index contributed by atoms with van der Waals surface area (Å²) < 4.78 is 0. The molecule has 0 aliphatic rings. The molecule has 0 radical (unpaired) electrons. The highest BCUT2D eigenvalue weighted by molar-refractivity contribution is 7.07. The van der Waals surface area contributed by atoms with E-state index >= 15 is 0 Å². The van der Waals surface area contributed by atoms with Crippen LogP contribution in [0, 0.1) is 0 Å². The van der Waals surface area contributed by atoms with E-state index in [-0.39, 0.29) is 5.91 Å². The van der Waals surface area contributed by atoms with Gasteiger partial charge in [-0.25, -0.2) is 9.97 Å². The van der Waals surface area contributed by atoms with Gasteiger partial charge in [0.2, 0.25) is 0 Å². The third-order valence-corrected chi connectivity index (χ3v) is 3.21. The number of hydrogen-bond acceptors (Lipinski definition) is 5. The first kappa shape index (κ1) is 13.5. The SMILES string of the molecule is CCCNc1cnc(C(=O)NCc2ccsc2)cn1. The van der Waals surface area contributed by atoms with Crippen molar-refractivity contribution in [2.45, 2.75) is 19.9 Å². The van der Waals surface area contributed by atoms with Gasteiger partial charge in [0.15, 0.2) is 0 Å². The van der Waals surface area contributed by atoms with Gasteiger partial charge in [0.25, 0.3) is 5.91 Å². The molecule has 19 heavy (non-hydrogen) atoms. The second-order valence-electron chi connectivity index (χ2n) is 4.03. The summed E-state index contributed by atoms with van der Waals surface area (Å²) in [7, 11) is 0. The van der Waals surface area contributed by atoms with E-state index < -0.39 is 0 Å². The van der Waals surface area contributed by atoms with Gasteiger partial charge in [-0.1, -0.05) is 6.92 Å². The molecular weight excluding hydrogens is 260 g/mol. The third-order valence-electron chi connectivity index (χ3n) is 2.47. The van der Waals surface area contributed by atoms with Crippen LogP contribution < -0.4 is 10.6 Å². The van der Waals surface area contributed by atoms with Gasteiger partial charge in [0.05, 0.1) is 12.4 Å². The van der Waals surface area contributed by atoms with Gasteiger partial charge < -0.3 is 10.6 Å². The summed E-state index contributed by atoms with van der Waals surface area (Å²) in [6.07, 6.45) is 4.08. The van der Waals surface area contributed by atoms with Gasteiger partial charge in [-0.05, 0) is 28.8 Å². The van der Waals surface area contributed by atoms with Crippen LogP contribution >= 0.6 is 11.3 Å². The molecule has 2 aromatic heterocycles. The zero-order valence-electron chi connectivity index (χ0n) is 10.7. The Morgan fingerprint density at radius 3 is 2.89 bits per heavy atom. The van der Waals surface area contributed by atoms with Crippen molar-refractivity contribution in [3.63, 3.8) is 0 Å². The van der Waals surface area contributed by atoms with E-state index in [1.807, 2.05) is 16.8 Å². The number of nitrogens with zero attached hydrogens (tertiary/aromatic N) is 2. The minimum absolute atomic E-state index is 0.208. The maximum Gasteiger partial charge on any atom is 0.271 e. The van der Waals surface area contributed by atoms with Crippen LogP contribution in [0.2, 0.25) is 0 Å². The lowest BCUT2D eigenvalue weighted by Crippen LogP contribution is -2.23. The van der Waals surface area contributed by atoms with Crippen LogP contribution in [0.1, 0.15) is 29.4 Å². The average Bonchev–Trinajstić information content (AvgIpc) is 2.96. The van der Waals surface area contributed by atoms with E-state index in [1.165, 1.54) is 6.20 Å². The Bertz CT molecular complexity index is 510. The Morgan fingerprint density at radius 1 is 1.37 bits per heavy atom. The van der Waals surface area contributed by atoms with Crippen LogP contribution in [0.15, 0.2) is 29.2 Å². The van der Waals surface area contributed by atoms with Crippen LogP contribution in [0.4, 0.5) is 5.82 Å². The Labute approximate surface area is 116 Å². The number of carbonyl (C=O) groups excluding carboxylic acids is 1. The zero-order chi connectivity index (χ0) is 13.5. The van der Waals surface area contributed by atoms with E-state index in [0.29, 0.717) is 18.1 Å². The Morgan fingerprint density at radius 2 is 2.26 bits per heavy atom. The summed E-state index contributed by atoms with van der Waals surface area (Å²) in [4.78, 5) is 20.1. The van der Waals surface area contributed by atoms with Gasteiger partial charge in [0, 0.05) is 13.1 Å². The number of nitrogens with one attached hydrogen (secondary N) is 2. The van der Waals surface area contributed by atoms with Crippen LogP contribution in [-0.4, -0.2) is 22.4 Å². The lowest BCUT2D eigenvalue weighted by Gasteiger charge is -2.05. The average molecular weight is 276 g/mol. The summed E-state index contributed by atoms with van der Waals surface area (Å²) >= 11 is 1.61. The summed E-state index contributed by atoms with van der Waals surface area (Å²) in [5.74, 6) is 0.483. The Kier molecular flexibility index (Phi) is 4.85. The first-order valence-corrected chi connectivity index (χ1v) is 7.09. The number of carbonyl (C=O) groups is 1. The van der Waals surface area contributed by atoms with Crippen LogP contribution in [0.25, 0.3) is 0 Å². The van der Waals surface area contributed by atoms with Gasteiger partial charge in [-0.3, -0.25) is 4.79 Å². The van der Waals surface area contributed by atoms with Crippen molar-refractivity contribution in [1.29, 1.82) is 0 Å². The second-order valence-corrected chi connectivity index (χ2v) is 4.81. The first-order valence-electron chi connectivity index (χ1n) is 6.14.